The van der Waals surface area contributed by atoms with Gasteiger partial charge in [-0.05, 0) is 19.8 Å². The van der Waals surface area contributed by atoms with E-state index in [1.165, 1.54) is 0 Å². The third kappa shape index (κ3) is 4.31. The maximum absolute atomic E-state index is 12.3. The molecule has 1 aliphatic heterocycles. The van der Waals surface area contributed by atoms with Gasteiger partial charge >= 0.3 is 5.69 Å². The number of aryl methyl sites for hydroxylation is 2. The first kappa shape index (κ1) is 17.4. The van der Waals surface area contributed by atoms with Crippen molar-refractivity contribution in [2.75, 3.05) is 6.54 Å². The van der Waals surface area contributed by atoms with Crippen LogP contribution in [0.2, 0.25) is 0 Å². The molecule has 3 N–H and O–H groups in total. The zero-order valence-electron chi connectivity index (χ0n) is 13.2. The van der Waals surface area contributed by atoms with E-state index < -0.39 is 0 Å². The van der Waals surface area contributed by atoms with Crippen LogP contribution in [0.3, 0.4) is 0 Å². The van der Waals surface area contributed by atoms with Crippen molar-refractivity contribution >= 4 is 12.4 Å². The SMILES string of the molecule is Cc1cc(C2CCCN2C(=O)CCc2n[nH]c(=O)[nH]2)on1.O=CO. The molecular weight excluding hydrogens is 318 g/mol. The second kappa shape index (κ2) is 8.09. The van der Waals surface area contributed by atoms with Gasteiger partial charge in [0.15, 0.2) is 5.76 Å². The van der Waals surface area contributed by atoms with E-state index in [-0.39, 0.29) is 24.1 Å². The van der Waals surface area contributed by atoms with Crippen molar-refractivity contribution in [3.05, 3.63) is 33.8 Å². The van der Waals surface area contributed by atoms with Crippen LogP contribution in [0, 0.1) is 6.92 Å². The Balaban J connectivity index is 0.000000647. The highest BCUT2D eigenvalue weighted by Crippen LogP contribution is 2.32. The fourth-order valence-corrected chi connectivity index (χ4v) is 2.69. The number of H-pyrrole nitrogens is 2. The van der Waals surface area contributed by atoms with Crippen molar-refractivity contribution in [1.29, 1.82) is 0 Å². The maximum Gasteiger partial charge on any atom is 0.340 e. The fourth-order valence-electron chi connectivity index (χ4n) is 2.69. The van der Waals surface area contributed by atoms with Crippen molar-refractivity contribution in [3.63, 3.8) is 0 Å². The Kier molecular flexibility index (Phi) is 5.88. The standard InChI is InChI=1S/C13H17N5O3.CH2O2/c1-8-7-10(21-17-8)9-3-2-6-18(9)12(19)5-4-11-14-13(20)16-15-11;2-1-3/h7,9H,2-6H2,1H3,(H2,14,15,16,20);1H,(H,2,3). The monoisotopic (exact) mass is 337 g/mol. The minimum atomic E-state index is -0.353. The average Bonchev–Trinajstić information content (AvgIpc) is 3.26. The molecule has 1 atom stereocenters. The van der Waals surface area contributed by atoms with E-state index in [0.717, 1.165) is 30.8 Å². The van der Waals surface area contributed by atoms with Gasteiger partial charge in [0.1, 0.15) is 5.82 Å². The predicted octanol–water partition coefficient (Wildman–Crippen LogP) is 0.392. The molecule has 3 rings (SSSR count). The van der Waals surface area contributed by atoms with E-state index in [2.05, 4.69) is 20.3 Å². The van der Waals surface area contributed by atoms with E-state index in [1.54, 1.807) is 0 Å². The second-order valence-electron chi connectivity index (χ2n) is 5.35. The summed E-state index contributed by atoms with van der Waals surface area (Å²) in [7, 11) is 0. The van der Waals surface area contributed by atoms with Gasteiger partial charge in [-0.3, -0.25) is 14.6 Å². The van der Waals surface area contributed by atoms with Crippen LogP contribution in [-0.2, 0) is 16.0 Å². The second-order valence-corrected chi connectivity index (χ2v) is 5.35. The molecule has 1 unspecified atom stereocenters. The minimum Gasteiger partial charge on any atom is -0.483 e. The van der Waals surface area contributed by atoms with Gasteiger partial charge in [0, 0.05) is 25.5 Å². The molecule has 10 heteroatoms. The van der Waals surface area contributed by atoms with Crippen LogP contribution in [0.4, 0.5) is 0 Å². The van der Waals surface area contributed by atoms with Gasteiger partial charge in [-0.25, -0.2) is 9.89 Å². The normalized spacial score (nSPS) is 16.5. The molecule has 10 nitrogen and oxygen atoms in total. The number of hydrogen-bond donors (Lipinski definition) is 3. The molecular formula is C14H19N5O5. The third-order valence-electron chi connectivity index (χ3n) is 3.67. The first-order valence-electron chi connectivity index (χ1n) is 7.49. The average molecular weight is 337 g/mol. The zero-order valence-corrected chi connectivity index (χ0v) is 13.2. The lowest BCUT2D eigenvalue weighted by Gasteiger charge is -2.22. The van der Waals surface area contributed by atoms with Crippen LogP contribution < -0.4 is 5.69 Å². The third-order valence-corrected chi connectivity index (χ3v) is 3.67. The molecule has 3 heterocycles. The van der Waals surface area contributed by atoms with Crippen LogP contribution in [0.15, 0.2) is 15.4 Å². The fraction of sp³-hybridized carbons (Fsp3) is 0.500. The molecule has 2 aromatic heterocycles. The quantitative estimate of drug-likeness (QED) is 0.684. The Bertz CT molecular complexity index is 734. The highest BCUT2D eigenvalue weighted by molar-refractivity contribution is 5.77. The number of nitrogens with one attached hydrogen (secondary N) is 2. The molecule has 0 bridgehead atoms. The van der Waals surface area contributed by atoms with Gasteiger partial charge in [0.2, 0.25) is 5.91 Å². The van der Waals surface area contributed by atoms with E-state index in [4.69, 9.17) is 14.4 Å². The van der Waals surface area contributed by atoms with Crippen LogP contribution in [0.5, 0.6) is 0 Å². The molecule has 130 valence electrons. The molecule has 0 aliphatic carbocycles. The van der Waals surface area contributed by atoms with Crippen molar-refractivity contribution in [3.8, 4) is 0 Å². The first-order valence-corrected chi connectivity index (χ1v) is 7.49. The largest absolute Gasteiger partial charge is 0.483 e. The summed E-state index contributed by atoms with van der Waals surface area (Å²) in [5.41, 5.74) is 0.465. The van der Waals surface area contributed by atoms with Crippen molar-refractivity contribution < 1.29 is 19.2 Å². The van der Waals surface area contributed by atoms with Crippen LogP contribution in [0.25, 0.3) is 0 Å². The Morgan fingerprint density at radius 2 is 2.33 bits per heavy atom. The molecule has 0 saturated carbocycles. The van der Waals surface area contributed by atoms with Gasteiger partial charge in [-0.2, -0.15) is 5.10 Å². The number of rotatable bonds is 4. The summed E-state index contributed by atoms with van der Waals surface area (Å²) in [5.74, 6) is 1.28. The number of carbonyl (C=O) groups is 2. The number of amides is 1. The maximum atomic E-state index is 12.3. The summed E-state index contributed by atoms with van der Waals surface area (Å²) < 4.78 is 5.29. The van der Waals surface area contributed by atoms with Crippen LogP contribution in [-0.4, -0.2) is 49.3 Å². The minimum absolute atomic E-state index is 0.0306. The summed E-state index contributed by atoms with van der Waals surface area (Å²) in [6.45, 7) is 2.34. The lowest BCUT2D eigenvalue weighted by atomic mass is 10.1. The number of aromatic nitrogens is 4. The number of carboxylic acid groups (broad SMARTS) is 1. The molecule has 1 saturated heterocycles. The van der Waals surface area contributed by atoms with Gasteiger partial charge in [-0.15, -0.1) is 0 Å². The highest BCUT2D eigenvalue weighted by atomic mass is 16.5. The van der Waals surface area contributed by atoms with Gasteiger partial charge in [0.05, 0.1) is 11.7 Å². The molecule has 1 amide bonds. The van der Waals surface area contributed by atoms with Crippen molar-refractivity contribution in [2.45, 2.75) is 38.6 Å². The molecule has 0 aromatic carbocycles. The number of hydrogen-bond acceptors (Lipinski definition) is 6. The number of nitrogens with zero attached hydrogens (tertiary/aromatic N) is 3. The van der Waals surface area contributed by atoms with E-state index >= 15 is 0 Å². The molecule has 0 radical (unpaired) electrons. The Morgan fingerprint density at radius 3 is 2.92 bits per heavy atom. The lowest BCUT2D eigenvalue weighted by molar-refractivity contribution is -0.132. The first-order chi connectivity index (χ1) is 11.5. The van der Waals surface area contributed by atoms with Crippen molar-refractivity contribution in [1.82, 2.24) is 25.2 Å². The number of carbonyl (C=O) groups excluding carboxylic acids is 1. The Morgan fingerprint density at radius 1 is 1.58 bits per heavy atom. The highest BCUT2D eigenvalue weighted by Gasteiger charge is 2.32. The topological polar surface area (TPSA) is 145 Å². The molecule has 0 spiro atoms. The lowest BCUT2D eigenvalue weighted by Crippen LogP contribution is -2.30. The van der Waals surface area contributed by atoms with Gasteiger partial charge in [0.25, 0.3) is 6.47 Å². The summed E-state index contributed by atoms with van der Waals surface area (Å²) in [4.78, 5) is 36.0. The Hall–Kier alpha value is -2.91. The summed E-state index contributed by atoms with van der Waals surface area (Å²) in [6, 6.07) is 1.85. The smallest absolute Gasteiger partial charge is 0.340 e. The van der Waals surface area contributed by atoms with E-state index in [9.17, 15) is 9.59 Å². The zero-order chi connectivity index (χ0) is 17.5. The van der Waals surface area contributed by atoms with Crippen molar-refractivity contribution in [2.24, 2.45) is 0 Å². The van der Waals surface area contributed by atoms with Crippen LogP contribution in [0.1, 0.15) is 42.6 Å². The summed E-state index contributed by atoms with van der Waals surface area (Å²) in [6.07, 6.45) is 2.57. The molecule has 1 aliphatic rings. The van der Waals surface area contributed by atoms with E-state index in [0.29, 0.717) is 18.7 Å². The van der Waals surface area contributed by atoms with Gasteiger partial charge in [-0.1, -0.05) is 5.16 Å². The van der Waals surface area contributed by atoms with Gasteiger partial charge < -0.3 is 14.5 Å². The predicted molar refractivity (Wildman–Crippen MR) is 81.2 cm³/mol. The summed E-state index contributed by atoms with van der Waals surface area (Å²) in [5, 5.41) is 16.9. The van der Waals surface area contributed by atoms with Crippen LogP contribution >= 0.6 is 0 Å². The molecule has 2 aromatic rings. The summed E-state index contributed by atoms with van der Waals surface area (Å²) >= 11 is 0. The van der Waals surface area contributed by atoms with E-state index in [1.807, 2.05) is 17.9 Å². The number of likely N-dealkylation sites (tertiary alicyclic amines) is 1. The molecule has 24 heavy (non-hydrogen) atoms. The Labute approximate surface area is 136 Å². The molecule has 1 fully saturated rings. The number of aromatic amines is 2.